The molecule has 0 aliphatic heterocycles. The number of nitrogens with one attached hydrogen (secondary N) is 1. The van der Waals surface area contributed by atoms with Gasteiger partial charge in [0.15, 0.2) is 5.15 Å². The van der Waals surface area contributed by atoms with E-state index in [1.54, 1.807) is 43.4 Å². The van der Waals surface area contributed by atoms with Crippen molar-refractivity contribution in [3.63, 3.8) is 0 Å². The number of hydrogen-bond donors (Lipinski definition) is 1. The highest BCUT2D eigenvalue weighted by Gasteiger charge is 2.11. The van der Waals surface area contributed by atoms with Crippen LogP contribution in [0.15, 0.2) is 65.8 Å². The monoisotopic (exact) mass is 420 g/mol. The Morgan fingerprint density at radius 3 is 2.44 bits per heavy atom. The highest BCUT2D eigenvalue weighted by atomic mass is 35.5. The topological polar surface area (TPSA) is 67.4 Å². The largest absolute Gasteiger partial charge is 0.437 e. The van der Waals surface area contributed by atoms with Gasteiger partial charge in [0, 0.05) is 22.7 Å². The lowest BCUT2D eigenvalue weighted by Crippen LogP contribution is -2.25. The Labute approximate surface area is 170 Å². The minimum Gasteiger partial charge on any atom is -0.437 e. The van der Waals surface area contributed by atoms with E-state index >= 15 is 0 Å². The van der Waals surface area contributed by atoms with Gasteiger partial charge in [-0.3, -0.25) is 9.29 Å². The maximum Gasteiger partial charge on any atom is 0.331 e. The van der Waals surface area contributed by atoms with Crippen molar-refractivity contribution in [2.75, 3.05) is 12.4 Å². The number of anilines is 1. The van der Waals surface area contributed by atoms with Gasteiger partial charge in [0.25, 0.3) is 0 Å². The molecule has 1 N–H and O–H groups in total. The molecule has 2 amide bonds. The fraction of sp³-hybridized carbons (Fsp3) is 0.0556. The van der Waals surface area contributed by atoms with Crippen LogP contribution in [0, 0.1) is 0 Å². The zero-order valence-corrected chi connectivity index (χ0v) is 16.4. The number of carbonyl (C=O) groups excluding carboxylic acids is 1. The second-order valence-electron chi connectivity index (χ2n) is 5.28. The van der Waals surface area contributed by atoms with Crippen molar-refractivity contribution < 1.29 is 9.53 Å². The maximum absolute atomic E-state index is 12.3. The molecule has 1 heterocycles. The summed E-state index contributed by atoms with van der Waals surface area (Å²) in [6, 6.07) is 13.9. The van der Waals surface area contributed by atoms with Gasteiger partial charge >= 0.3 is 6.03 Å². The lowest BCUT2D eigenvalue weighted by Gasteiger charge is -2.16. The van der Waals surface area contributed by atoms with Crippen molar-refractivity contribution in [3.05, 3.63) is 71.1 Å². The molecule has 138 valence electrons. The van der Waals surface area contributed by atoms with Crippen LogP contribution in [0.2, 0.25) is 10.2 Å². The van der Waals surface area contributed by atoms with Gasteiger partial charge in [0.2, 0.25) is 5.88 Å². The highest BCUT2D eigenvalue weighted by Crippen LogP contribution is 2.25. The molecule has 0 fully saturated rings. The van der Waals surface area contributed by atoms with Gasteiger partial charge in [-0.1, -0.05) is 23.2 Å². The van der Waals surface area contributed by atoms with Crippen molar-refractivity contribution in [2.45, 2.75) is 4.90 Å². The molecule has 0 unspecified atom stereocenters. The molecule has 0 saturated heterocycles. The predicted octanol–water partition coefficient (Wildman–Crippen LogP) is 5.75. The Balaban J connectivity index is 1.56. The lowest BCUT2D eigenvalue weighted by molar-refractivity contribution is 0.243. The Bertz CT molecular complexity index is 923. The maximum atomic E-state index is 12.3. The Kier molecular flexibility index (Phi) is 6.39. The Morgan fingerprint density at radius 1 is 1.07 bits per heavy atom. The number of urea groups is 1. The summed E-state index contributed by atoms with van der Waals surface area (Å²) in [6.07, 6.45) is 2.89. The first-order chi connectivity index (χ1) is 13.0. The summed E-state index contributed by atoms with van der Waals surface area (Å²) in [5.74, 6) is 0.840. The summed E-state index contributed by atoms with van der Waals surface area (Å²) >= 11 is 12.9. The lowest BCUT2D eigenvalue weighted by atomic mass is 10.3. The molecule has 0 saturated carbocycles. The van der Waals surface area contributed by atoms with Crippen LogP contribution in [0.5, 0.6) is 11.6 Å². The molecule has 0 aliphatic rings. The number of carbonyl (C=O) groups is 1. The molecule has 9 heteroatoms. The fourth-order valence-electron chi connectivity index (χ4n) is 2.00. The smallest absolute Gasteiger partial charge is 0.331 e. The molecule has 0 atom stereocenters. The van der Waals surface area contributed by atoms with E-state index in [4.69, 9.17) is 27.9 Å². The van der Waals surface area contributed by atoms with Crippen LogP contribution < -0.4 is 10.1 Å². The third-order valence-electron chi connectivity index (χ3n) is 3.25. The predicted molar refractivity (Wildman–Crippen MR) is 108 cm³/mol. The van der Waals surface area contributed by atoms with E-state index in [0.717, 1.165) is 4.90 Å². The first-order valence-electron chi connectivity index (χ1n) is 7.73. The summed E-state index contributed by atoms with van der Waals surface area (Å²) in [5.41, 5.74) is 0.632. The third-order valence-corrected chi connectivity index (χ3v) is 4.61. The number of nitrogens with zero attached hydrogens (tertiary/aromatic N) is 3. The molecule has 3 aromatic rings. The van der Waals surface area contributed by atoms with E-state index in [1.807, 2.05) is 12.1 Å². The molecule has 2 aromatic carbocycles. The van der Waals surface area contributed by atoms with Crippen LogP contribution in [-0.4, -0.2) is 27.4 Å². The molecule has 1 aromatic heterocycles. The molecule has 27 heavy (non-hydrogen) atoms. The van der Waals surface area contributed by atoms with Gasteiger partial charge in [-0.25, -0.2) is 4.79 Å². The molecule has 0 spiro atoms. The van der Waals surface area contributed by atoms with Crippen molar-refractivity contribution in [2.24, 2.45) is 0 Å². The van der Waals surface area contributed by atoms with Crippen LogP contribution in [-0.2, 0) is 0 Å². The van der Waals surface area contributed by atoms with Crippen LogP contribution in [0.1, 0.15) is 0 Å². The third kappa shape index (κ3) is 5.75. The highest BCUT2D eigenvalue weighted by molar-refractivity contribution is 7.97. The fourth-order valence-corrected chi connectivity index (χ4v) is 2.97. The summed E-state index contributed by atoms with van der Waals surface area (Å²) in [4.78, 5) is 21.1. The van der Waals surface area contributed by atoms with Crippen molar-refractivity contribution in [1.82, 2.24) is 14.3 Å². The summed E-state index contributed by atoms with van der Waals surface area (Å²) in [7, 11) is 1.68. The number of benzene rings is 2. The van der Waals surface area contributed by atoms with E-state index < -0.39 is 0 Å². The first kappa shape index (κ1) is 19.3. The van der Waals surface area contributed by atoms with Gasteiger partial charge in [-0.05, 0) is 60.5 Å². The van der Waals surface area contributed by atoms with E-state index in [1.165, 1.54) is 28.6 Å². The van der Waals surface area contributed by atoms with Crippen LogP contribution in [0.3, 0.4) is 0 Å². The van der Waals surface area contributed by atoms with E-state index in [9.17, 15) is 4.79 Å². The Hall–Kier alpha value is -2.48. The van der Waals surface area contributed by atoms with Crippen LogP contribution in [0.4, 0.5) is 10.5 Å². The number of rotatable bonds is 5. The second-order valence-corrected chi connectivity index (χ2v) is 7.30. The first-order valence-corrected chi connectivity index (χ1v) is 9.26. The van der Waals surface area contributed by atoms with Gasteiger partial charge in [0.1, 0.15) is 5.75 Å². The molecule has 6 nitrogen and oxygen atoms in total. The van der Waals surface area contributed by atoms with Gasteiger partial charge in [0.05, 0.1) is 12.4 Å². The molecule has 0 aliphatic carbocycles. The average Bonchev–Trinajstić information content (AvgIpc) is 2.65. The minimum absolute atomic E-state index is 0.248. The van der Waals surface area contributed by atoms with Crippen LogP contribution in [0.25, 0.3) is 0 Å². The standard InChI is InChI=1S/C18H14Cl2N4O2S/c1-24(27-15-8-2-12(19)3-9-15)18(25)22-13-4-6-14(7-5-13)26-17-11-21-10-16(20)23-17/h2-11H,1H3,(H,22,25). The van der Waals surface area contributed by atoms with E-state index in [2.05, 4.69) is 15.3 Å². The van der Waals surface area contributed by atoms with Gasteiger partial charge in [-0.15, -0.1) is 0 Å². The minimum atomic E-state index is -0.260. The van der Waals surface area contributed by atoms with Gasteiger partial charge < -0.3 is 10.1 Å². The average molecular weight is 421 g/mol. The van der Waals surface area contributed by atoms with Crippen molar-refractivity contribution in [3.8, 4) is 11.6 Å². The SMILES string of the molecule is CN(Sc1ccc(Cl)cc1)C(=O)Nc1ccc(Oc2cncc(Cl)n2)cc1. The number of ether oxygens (including phenoxy) is 1. The molecular weight excluding hydrogens is 407 g/mol. The summed E-state index contributed by atoms with van der Waals surface area (Å²) in [6.45, 7) is 0. The second kappa shape index (κ2) is 8.94. The van der Waals surface area contributed by atoms with E-state index in [0.29, 0.717) is 22.3 Å². The number of halogens is 2. The number of hydrogen-bond acceptors (Lipinski definition) is 5. The van der Waals surface area contributed by atoms with E-state index in [-0.39, 0.29) is 11.2 Å². The molecule has 3 rings (SSSR count). The number of amides is 2. The zero-order chi connectivity index (χ0) is 19.2. The molecular formula is C18H14Cl2N4O2S. The normalized spacial score (nSPS) is 10.3. The zero-order valence-electron chi connectivity index (χ0n) is 14.1. The van der Waals surface area contributed by atoms with Crippen LogP contribution >= 0.6 is 35.1 Å². The quantitative estimate of drug-likeness (QED) is 0.532. The van der Waals surface area contributed by atoms with Crippen molar-refractivity contribution >= 4 is 46.9 Å². The summed E-state index contributed by atoms with van der Waals surface area (Å²) in [5, 5.41) is 3.71. The number of aromatic nitrogens is 2. The molecule has 0 radical (unpaired) electrons. The Morgan fingerprint density at radius 2 is 1.78 bits per heavy atom. The van der Waals surface area contributed by atoms with Crippen molar-refractivity contribution in [1.29, 1.82) is 0 Å². The van der Waals surface area contributed by atoms with Gasteiger partial charge in [-0.2, -0.15) is 4.98 Å². The summed E-state index contributed by atoms with van der Waals surface area (Å²) < 4.78 is 7.05. The molecule has 0 bridgehead atoms.